The number of hydrogen-bond acceptors (Lipinski definition) is 3. The Hall–Kier alpha value is -0.280. The van der Waals surface area contributed by atoms with Gasteiger partial charge >= 0.3 is 0 Å². The molecule has 0 saturated heterocycles. The minimum atomic E-state index is 0.665. The molecule has 0 amide bonds. The van der Waals surface area contributed by atoms with Gasteiger partial charge in [-0.3, -0.25) is 0 Å². The van der Waals surface area contributed by atoms with E-state index in [-0.39, 0.29) is 0 Å². The van der Waals surface area contributed by atoms with Crippen LogP contribution in [0.5, 0.6) is 0 Å². The van der Waals surface area contributed by atoms with E-state index in [4.69, 9.17) is 11.6 Å². The standard InChI is InChI=1S/C12H19ClN2S/c1-10-9-16-12(14-10)15(8-7-13)11-5-3-2-4-6-11/h9,11H,2-8H2,1H3. The zero-order valence-corrected chi connectivity index (χ0v) is 11.4. The lowest BCUT2D eigenvalue weighted by atomic mass is 9.94. The monoisotopic (exact) mass is 258 g/mol. The number of halogens is 1. The summed E-state index contributed by atoms with van der Waals surface area (Å²) >= 11 is 7.65. The van der Waals surface area contributed by atoms with Gasteiger partial charge in [-0.25, -0.2) is 4.98 Å². The molecule has 1 fully saturated rings. The molecule has 0 bridgehead atoms. The first kappa shape index (κ1) is 12.2. The lowest BCUT2D eigenvalue weighted by Gasteiger charge is -2.33. The number of alkyl halides is 1. The maximum Gasteiger partial charge on any atom is 0.185 e. The van der Waals surface area contributed by atoms with Gasteiger partial charge in [0.2, 0.25) is 0 Å². The number of anilines is 1. The molecule has 2 rings (SSSR count). The molecule has 1 saturated carbocycles. The fraction of sp³-hybridized carbons (Fsp3) is 0.750. The van der Waals surface area contributed by atoms with Gasteiger partial charge in [-0.2, -0.15) is 0 Å². The highest BCUT2D eigenvalue weighted by Gasteiger charge is 2.22. The molecular weight excluding hydrogens is 240 g/mol. The molecule has 0 unspecified atom stereocenters. The van der Waals surface area contributed by atoms with Gasteiger partial charge in [0.25, 0.3) is 0 Å². The Balaban J connectivity index is 2.09. The van der Waals surface area contributed by atoms with Gasteiger partial charge < -0.3 is 4.90 Å². The zero-order valence-electron chi connectivity index (χ0n) is 9.79. The normalized spacial score (nSPS) is 17.6. The number of aryl methyl sites for hydroxylation is 1. The number of thiazole rings is 1. The van der Waals surface area contributed by atoms with E-state index >= 15 is 0 Å². The molecular formula is C12H19ClN2S. The molecule has 2 nitrogen and oxygen atoms in total. The second-order valence-electron chi connectivity index (χ2n) is 4.45. The number of aromatic nitrogens is 1. The van der Waals surface area contributed by atoms with Crippen LogP contribution in [0.2, 0.25) is 0 Å². The van der Waals surface area contributed by atoms with Crippen LogP contribution in [0.1, 0.15) is 37.8 Å². The van der Waals surface area contributed by atoms with Crippen LogP contribution in [0.3, 0.4) is 0 Å². The van der Waals surface area contributed by atoms with Crippen LogP contribution in [0.25, 0.3) is 0 Å². The van der Waals surface area contributed by atoms with Crippen LogP contribution >= 0.6 is 22.9 Å². The van der Waals surface area contributed by atoms with Gasteiger partial charge in [-0.05, 0) is 19.8 Å². The zero-order chi connectivity index (χ0) is 11.4. The Bertz CT molecular complexity index is 321. The molecule has 0 aromatic carbocycles. The van der Waals surface area contributed by atoms with Crippen LogP contribution in [-0.2, 0) is 0 Å². The second kappa shape index (κ2) is 5.87. The topological polar surface area (TPSA) is 16.1 Å². The summed E-state index contributed by atoms with van der Waals surface area (Å²) in [4.78, 5) is 7.01. The minimum absolute atomic E-state index is 0.665. The highest BCUT2D eigenvalue weighted by Crippen LogP contribution is 2.29. The molecule has 0 radical (unpaired) electrons. The Morgan fingerprint density at radius 2 is 2.19 bits per heavy atom. The average molecular weight is 259 g/mol. The van der Waals surface area contributed by atoms with E-state index in [1.165, 1.54) is 32.1 Å². The van der Waals surface area contributed by atoms with Crippen molar-refractivity contribution in [1.82, 2.24) is 4.98 Å². The van der Waals surface area contributed by atoms with Crippen LogP contribution in [0.15, 0.2) is 5.38 Å². The Morgan fingerprint density at radius 3 is 2.75 bits per heavy atom. The molecule has 16 heavy (non-hydrogen) atoms. The fourth-order valence-corrected chi connectivity index (χ4v) is 3.47. The maximum atomic E-state index is 5.91. The SMILES string of the molecule is Cc1csc(N(CCCl)C2CCCCC2)n1. The van der Waals surface area contributed by atoms with E-state index in [1.54, 1.807) is 11.3 Å². The molecule has 1 aromatic heterocycles. The van der Waals surface area contributed by atoms with E-state index in [9.17, 15) is 0 Å². The van der Waals surface area contributed by atoms with E-state index in [1.807, 2.05) is 0 Å². The van der Waals surface area contributed by atoms with Gasteiger partial charge in [0.15, 0.2) is 5.13 Å². The van der Waals surface area contributed by atoms with Crippen molar-refractivity contribution in [2.45, 2.75) is 45.1 Å². The fourth-order valence-electron chi connectivity index (χ4n) is 2.39. The summed E-state index contributed by atoms with van der Waals surface area (Å²) in [7, 11) is 0. The summed E-state index contributed by atoms with van der Waals surface area (Å²) in [6.07, 6.45) is 6.70. The summed E-state index contributed by atoms with van der Waals surface area (Å²) in [5.74, 6) is 0.690. The molecule has 0 N–H and O–H groups in total. The predicted molar refractivity (Wildman–Crippen MR) is 71.8 cm³/mol. The highest BCUT2D eigenvalue weighted by molar-refractivity contribution is 7.13. The van der Waals surface area contributed by atoms with Crippen molar-refractivity contribution >= 4 is 28.1 Å². The molecule has 0 aliphatic heterocycles. The van der Waals surface area contributed by atoms with Crippen molar-refractivity contribution in [3.05, 3.63) is 11.1 Å². The van der Waals surface area contributed by atoms with Gasteiger partial charge in [0, 0.05) is 23.8 Å². The molecule has 4 heteroatoms. The van der Waals surface area contributed by atoms with Crippen LogP contribution < -0.4 is 4.90 Å². The van der Waals surface area contributed by atoms with Crippen molar-refractivity contribution < 1.29 is 0 Å². The van der Waals surface area contributed by atoms with Gasteiger partial charge in [-0.1, -0.05) is 19.3 Å². The second-order valence-corrected chi connectivity index (χ2v) is 5.66. The van der Waals surface area contributed by atoms with Gasteiger partial charge in [-0.15, -0.1) is 22.9 Å². The lowest BCUT2D eigenvalue weighted by Crippen LogP contribution is -2.38. The molecule has 0 spiro atoms. The quantitative estimate of drug-likeness (QED) is 0.763. The summed E-state index contributed by atoms with van der Waals surface area (Å²) in [5.41, 5.74) is 1.12. The summed E-state index contributed by atoms with van der Waals surface area (Å²) in [5, 5.41) is 3.28. The summed E-state index contributed by atoms with van der Waals surface area (Å²) < 4.78 is 0. The van der Waals surface area contributed by atoms with Crippen molar-refractivity contribution in [2.75, 3.05) is 17.3 Å². The predicted octanol–water partition coefficient (Wildman–Crippen LogP) is 3.83. The first-order chi connectivity index (χ1) is 7.81. The van der Waals surface area contributed by atoms with Crippen molar-refractivity contribution in [3.8, 4) is 0 Å². The van der Waals surface area contributed by atoms with Crippen LogP contribution in [0.4, 0.5) is 5.13 Å². The van der Waals surface area contributed by atoms with Gasteiger partial charge in [0.05, 0.1) is 5.69 Å². The van der Waals surface area contributed by atoms with Crippen molar-refractivity contribution in [3.63, 3.8) is 0 Å². The molecule has 0 atom stereocenters. The lowest BCUT2D eigenvalue weighted by molar-refractivity contribution is 0.418. The van der Waals surface area contributed by atoms with Crippen molar-refractivity contribution in [1.29, 1.82) is 0 Å². The summed E-state index contributed by atoms with van der Waals surface area (Å²) in [6, 6.07) is 0.665. The maximum absolute atomic E-state index is 5.91. The molecule has 1 heterocycles. The third kappa shape index (κ3) is 2.89. The minimum Gasteiger partial charge on any atom is -0.344 e. The number of nitrogens with zero attached hydrogens (tertiary/aromatic N) is 2. The van der Waals surface area contributed by atoms with Crippen molar-refractivity contribution in [2.24, 2.45) is 0 Å². The molecule has 1 aliphatic carbocycles. The number of hydrogen-bond donors (Lipinski definition) is 0. The Kier molecular flexibility index (Phi) is 4.47. The smallest absolute Gasteiger partial charge is 0.185 e. The van der Waals surface area contributed by atoms with E-state index < -0.39 is 0 Å². The third-order valence-electron chi connectivity index (χ3n) is 3.19. The summed E-state index contributed by atoms with van der Waals surface area (Å²) in [6.45, 7) is 2.99. The van der Waals surface area contributed by atoms with Crippen LogP contribution in [-0.4, -0.2) is 23.5 Å². The van der Waals surface area contributed by atoms with Crippen LogP contribution in [0, 0.1) is 6.92 Å². The Labute approximate surface area is 107 Å². The molecule has 90 valence electrons. The van der Waals surface area contributed by atoms with E-state index in [2.05, 4.69) is 22.2 Å². The van der Waals surface area contributed by atoms with Gasteiger partial charge in [0.1, 0.15) is 0 Å². The largest absolute Gasteiger partial charge is 0.344 e. The third-order valence-corrected chi connectivity index (χ3v) is 4.36. The average Bonchev–Trinajstić information content (AvgIpc) is 2.74. The number of rotatable bonds is 4. The van der Waals surface area contributed by atoms with E-state index in [0.717, 1.165) is 17.4 Å². The Morgan fingerprint density at radius 1 is 1.44 bits per heavy atom. The first-order valence-corrected chi connectivity index (χ1v) is 7.47. The molecule has 1 aromatic rings. The first-order valence-electron chi connectivity index (χ1n) is 6.06. The van der Waals surface area contributed by atoms with E-state index in [0.29, 0.717) is 11.9 Å². The highest BCUT2D eigenvalue weighted by atomic mass is 35.5. The molecule has 1 aliphatic rings.